The van der Waals surface area contributed by atoms with E-state index in [2.05, 4.69) is 6.92 Å². The monoisotopic (exact) mass is 380 g/mol. The Labute approximate surface area is 168 Å². The van der Waals surface area contributed by atoms with Crippen LogP contribution in [0.3, 0.4) is 0 Å². The van der Waals surface area contributed by atoms with E-state index >= 15 is 0 Å². The molecule has 28 heavy (non-hydrogen) atoms. The largest absolute Gasteiger partial charge is 0.392 e. The number of ketones is 2. The Kier molecular flexibility index (Phi) is 9.64. The molecule has 0 aliphatic heterocycles. The summed E-state index contributed by atoms with van der Waals surface area (Å²) in [6.07, 6.45) is 10.1. The van der Waals surface area contributed by atoms with Crippen molar-refractivity contribution in [1.82, 2.24) is 0 Å². The fraction of sp³-hybridized carbons (Fsp3) is 0.440. The van der Waals surface area contributed by atoms with Crippen LogP contribution < -0.4 is 0 Å². The summed E-state index contributed by atoms with van der Waals surface area (Å²) in [6.45, 7) is 1.96. The van der Waals surface area contributed by atoms with Crippen LogP contribution in [0.5, 0.6) is 0 Å². The number of carbonyl (C=O) groups is 2. The van der Waals surface area contributed by atoms with E-state index < -0.39 is 0 Å². The molecular weight excluding hydrogens is 348 g/mol. The third kappa shape index (κ3) is 6.72. The standard InChI is InChI=1S/C25H32O3/c1-2-3-4-5-6-7-8-12-15-24(27)21-16-17-23(22(18-21)19-26)25(28)20-13-10-9-11-14-20/h9-11,13-14,16-18,26H,2-8,12,15,19H2,1H3. The van der Waals surface area contributed by atoms with Crippen LogP contribution in [0.4, 0.5) is 0 Å². The number of unbranched alkanes of at least 4 members (excludes halogenated alkanes) is 7. The summed E-state index contributed by atoms with van der Waals surface area (Å²) >= 11 is 0. The lowest BCUT2D eigenvalue weighted by atomic mass is 9.94. The average Bonchev–Trinajstić information content (AvgIpc) is 2.75. The van der Waals surface area contributed by atoms with Crippen molar-refractivity contribution < 1.29 is 14.7 Å². The second-order valence-corrected chi connectivity index (χ2v) is 7.37. The van der Waals surface area contributed by atoms with E-state index in [4.69, 9.17) is 0 Å². The fourth-order valence-electron chi connectivity index (χ4n) is 3.43. The summed E-state index contributed by atoms with van der Waals surface area (Å²) in [5.74, 6) is -0.0499. The van der Waals surface area contributed by atoms with Gasteiger partial charge in [-0.05, 0) is 24.1 Å². The van der Waals surface area contributed by atoms with Crippen LogP contribution >= 0.6 is 0 Å². The number of rotatable bonds is 13. The van der Waals surface area contributed by atoms with Crippen LogP contribution in [-0.4, -0.2) is 16.7 Å². The van der Waals surface area contributed by atoms with Gasteiger partial charge in [0.05, 0.1) is 6.61 Å². The molecule has 0 heterocycles. The SMILES string of the molecule is CCCCCCCCCCC(=O)c1ccc(C(=O)c2ccccc2)c(CO)c1. The van der Waals surface area contributed by atoms with Crippen LogP contribution in [0.25, 0.3) is 0 Å². The number of carbonyl (C=O) groups excluding carboxylic acids is 2. The molecule has 150 valence electrons. The van der Waals surface area contributed by atoms with Gasteiger partial charge in [-0.25, -0.2) is 0 Å². The van der Waals surface area contributed by atoms with E-state index in [-0.39, 0.29) is 18.2 Å². The number of Topliss-reactive ketones (excluding diaryl/α,β-unsaturated/α-hetero) is 1. The van der Waals surface area contributed by atoms with Gasteiger partial charge in [-0.3, -0.25) is 9.59 Å². The highest BCUT2D eigenvalue weighted by molar-refractivity contribution is 6.10. The number of aliphatic hydroxyl groups is 1. The van der Waals surface area contributed by atoms with Gasteiger partial charge in [0.15, 0.2) is 11.6 Å². The van der Waals surface area contributed by atoms with Crippen molar-refractivity contribution in [2.24, 2.45) is 0 Å². The van der Waals surface area contributed by atoms with Gasteiger partial charge in [0.25, 0.3) is 0 Å². The molecule has 0 saturated heterocycles. The van der Waals surface area contributed by atoms with Crippen molar-refractivity contribution in [3.8, 4) is 0 Å². The fourth-order valence-corrected chi connectivity index (χ4v) is 3.43. The van der Waals surface area contributed by atoms with Crippen LogP contribution in [0.15, 0.2) is 48.5 Å². The average molecular weight is 381 g/mol. The minimum atomic E-state index is -0.257. The zero-order chi connectivity index (χ0) is 20.2. The lowest BCUT2D eigenvalue weighted by Crippen LogP contribution is -2.08. The van der Waals surface area contributed by atoms with E-state index in [0.717, 1.165) is 12.8 Å². The summed E-state index contributed by atoms with van der Waals surface area (Å²) in [6, 6.07) is 14.0. The molecule has 0 radical (unpaired) electrons. The molecular formula is C25H32O3. The highest BCUT2D eigenvalue weighted by Crippen LogP contribution is 2.19. The van der Waals surface area contributed by atoms with Crippen LogP contribution in [0.2, 0.25) is 0 Å². The number of benzene rings is 2. The van der Waals surface area contributed by atoms with Gasteiger partial charge in [-0.1, -0.05) is 88.3 Å². The predicted octanol–water partition coefficient (Wildman–Crippen LogP) is 6.12. The van der Waals surface area contributed by atoms with E-state index in [0.29, 0.717) is 28.7 Å². The molecule has 0 amide bonds. The van der Waals surface area contributed by atoms with Crippen LogP contribution in [0, 0.1) is 0 Å². The minimum Gasteiger partial charge on any atom is -0.392 e. The molecule has 2 rings (SSSR count). The van der Waals surface area contributed by atoms with Crippen molar-refractivity contribution in [1.29, 1.82) is 0 Å². The van der Waals surface area contributed by atoms with Crippen LogP contribution in [-0.2, 0) is 6.61 Å². The van der Waals surface area contributed by atoms with Crippen molar-refractivity contribution in [3.63, 3.8) is 0 Å². The highest BCUT2D eigenvalue weighted by Gasteiger charge is 2.15. The third-order valence-electron chi connectivity index (χ3n) is 5.14. The first-order valence-corrected chi connectivity index (χ1v) is 10.5. The lowest BCUT2D eigenvalue weighted by molar-refractivity contribution is 0.0976. The molecule has 0 spiro atoms. The summed E-state index contributed by atoms with van der Waals surface area (Å²) in [5.41, 5.74) is 2.12. The van der Waals surface area contributed by atoms with Crippen molar-refractivity contribution in [2.75, 3.05) is 0 Å². The van der Waals surface area contributed by atoms with Gasteiger partial charge in [0, 0.05) is 23.1 Å². The molecule has 3 nitrogen and oxygen atoms in total. The Morgan fingerprint density at radius 1 is 0.786 bits per heavy atom. The summed E-state index contributed by atoms with van der Waals surface area (Å²) < 4.78 is 0. The zero-order valence-corrected chi connectivity index (χ0v) is 17.0. The Bertz CT molecular complexity index is 750. The van der Waals surface area contributed by atoms with Crippen molar-refractivity contribution in [3.05, 3.63) is 70.8 Å². The lowest BCUT2D eigenvalue weighted by Gasteiger charge is -2.09. The van der Waals surface area contributed by atoms with Gasteiger partial charge in [-0.2, -0.15) is 0 Å². The molecule has 0 saturated carbocycles. The van der Waals surface area contributed by atoms with Gasteiger partial charge < -0.3 is 5.11 Å². The second kappa shape index (κ2) is 12.2. The maximum absolute atomic E-state index is 12.6. The Morgan fingerprint density at radius 3 is 2.07 bits per heavy atom. The number of hydrogen-bond donors (Lipinski definition) is 1. The molecule has 0 aromatic heterocycles. The Morgan fingerprint density at radius 2 is 1.43 bits per heavy atom. The van der Waals surface area contributed by atoms with Gasteiger partial charge in [0.1, 0.15) is 0 Å². The molecule has 0 aliphatic carbocycles. The van der Waals surface area contributed by atoms with Crippen molar-refractivity contribution >= 4 is 11.6 Å². The maximum atomic E-state index is 12.6. The zero-order valence-electron chi connectivity index (χ0n) is 17.0. The summed E-state index contributed by atoms with van der Waals surface area (Å²) in [5, 5.41) is 9.69. The molecule has 0 unspecified atom stereocenters. The van der Waals surface area contributed by atoms with E-state index in [9.17, 15) is 14.7 Å². The molecule has 0 bridgehead atoms. The van der Waals surface area contributed by atoms with Gasteiger partial charge in [-0.15, -0.1) is 0 Å². The molecule has 1 N–H and O–H groups in total. The minimum absolute atomic E-state index is 0.0828. The van der Waals surface area contributed by atoms with E-state index in [1.54, 1.807) is 30.3 Å². The first-order valence-electron chi connectivity index (χ1n) is 10.5. The Balaban J connectivity index is 1.88. The maximum Gasteiger partial charge on any atom is 0.193 e. The van der Waals surface area contributed by atoms with E-state index in [1.165, 1.54) is 38.5 Å². The first kappa shape index (κ1) is 22.0. The second-order valence-electron chi connectivity index (χ2n) is 7.37. The predicted molar refractivity (Wildman–Crippen MR) is 114 cm³/mol. The first-order chi connectivity index (χ1) is 13.7. The van der Waals surface area contributed by atoms with E-state index in [1.807, 2.05) is 18.2 Å². The topological polar surface area (TPSA) is 54.4 Å². The molecule has 0 atom stereocenters. The quantitative estimate of drug-likeness (QED) is 0.336. The molecule has 0 fully saturated rings. The molecule has 2 aromatic carbocycles. The highest BCUT2D eigenvalue weighted by atomic mass is 16.3. The smallest absolute Gasteiger partial charge is 0.193 e. The van der Waals surface area contributed by atoms with Crippen LogP contribution in [0.1, 0.15) is 96.6 Å². The summed E-state index contributed by atoms with van der Waals surface area (Å²) in [7, 11) is 0. The number of aliphatic hydroxyl groups excluding tert-OH is 1. The normalized spacial score (nSPS) is 10.8. The molecule has 2 aromatic rings. The molecule has 3 heteroatoms. The van der Waals surface area contributed by atoms with Gasteiger partial charge >= 0.3 is 0 Å². The Hall–Kier alpha value is -2.26. The summed E-state index contributed by atoms with van der Waals surface area (Å²) in [4.78, 5) is 25.1. The number of hydrogen-bond acceptors (Lipinski definition) is 3. The third-order valence-corrected chi connectivity index (χ3v) is 5.14. The van der Waals surface area contributed by atoms with Crippen molar-refractivity contribution in [2.45, 2.75) is 71.3 Å². The van der Waals surface area contributed by atoms with Gasteiger partial charge in [0.2, 0.25) is 0 Å². The molecule has 0 aliphatic rings.